The van der Waals surface area contributed by atoms with Crippen LogP contribution in [0.1, 0.15) is 112 Å². The molecule has 336 valence electrons. The summed E-state index contributed by atoms with van der Waals surface area (Å²) in [4.78, 5) is 30.2. The topological polar surface area (TPSA) is 112 Å². The molecular formula is C52H58F4N6O2. The van der Waals surface area contributed by atoms with Gasteiger partial charge in [0.25, 0.3) is 0 Å². The summed E-state index contributed by atoms with van der Waals surface area (Å²) in [5, 5.41) is 26.0. The third kappa shape index (κ3) is 10.5. The molecule has 2 aliphatic carbocycles. The molecule has 4 unspecified atom stereocenters. The van der Waals surface area contributed by atoms with Crippen molar-refractivity contribution in [2.45, 2.75) is 125 Å². The van der Waals surface area contributed by atoms with Gasteiger partial charge < -0.3 is 10.6 Å². The molecule has 2 saturated heterocycles. The minimum Gasteiger partial charge on any atom is -0.352 e. The molecule has 2 N–H and O–H groups in total. The van der Waals surface area contributed by atoms with Crippen LogP contribution in [0.4, 0.5) is 17.6 Å². The van der Waals surface area contributed by atoms with Crippen molar-refractivity contribution < 1.29 is 27.2 Å². The molecule has 4 aromatic rings. The van der Waals surface area contributed by atoms with Gasteiger partial charge >= 0.3 is 0 Å². The number of halogens is 4. The molecule has 8 nitrogen and oxygen atoms in total. The maximum Gasteiger partial charge on any atom is 0.227 e. The Bertz CT molecular complexity index is 2150. The van der Waals surface area contributed by atoms with Gasteiger partial charge in [-0.05, 0) is 125 Å². The SMILES string of the molecule is CC(C(=O)NC1CCN(C2CCC(C#N)(c3ccccc3)CC2)C1)c1ccc(F)c(F)c1.CC(C(=O)NC1CCN(C2CCC(C#N)(c3ccccc3)CC2)C1)c1ccc(F)c(F)c1. The van der Waals surface area contributed by atoms with E-state index in [4.69, 9.17) is 0 Å². The molecule has 0 bridgehead atoms. The van der Waals surface area contributed by atoms with E-state index in [-0.39, 0.29) is 23.9 Å². The number of amides is 2. The Morgan fingerprint density at radius 1 is 0.562 bits per heavy atom. The summed E-state index contributed by atoms with van der Waals surface area (Å²) in [5.74, 6) is -5.11. The van der Waals surface area contributed by atoms with Crippen LogP contribution in [-0.4, -0.2) is 72.0 Å². The molecule has 4 aliphatic rings. The van der Waals surface area contributed by atoms with Crippen LogP contribution in [0.25, 0.3) is 0 Å². The molecule has 4 atom stereocenters. The predicted molar refractivity (Wildman–Crippen MR) is 238 cm³/mol. The highest BCUT2D eigenvalue weighted by molar-refractivity contribution is 5.84. The third-order valence-corrected chi connectivity index (χ3v) is 14.5. The first-order valence-corrected chi connectivity index (χ1v) is 22.8. The average molecular weight is 875 g/mol. The van der Waals surface area contributed by atoms with Crippen molar-refractivity contribution in [3.8, 4) is 12.1 Å². The van der Waals surface area contributed by atoms with Gasteiger partial charge in [-0.2, -0.15) is 10.5 Å². The lowest BCUT2D eigenvalue weighted by Crippen LogP contribution is -2.44. The molecule has 4 fully saturated rings. The van der Waals surface area contributed by atoms with E-state index in [1.54, 1.807) is 13.8 Å². The number of hydrogen-bond donors (Lipinski definition) is 2. The lowest BCUT2D eigenvalue weighted by atomic mass is 9.69. The smallest absolute Gasteiger partial charge is 0.227 e. The summed E-state index contributed by atoms with van der Waals surface area (Å²) in [7, 11) is 0. The Kier molecular flexibility index (Phi) is 14.9. The number of nitriles is 2. The van der Waals surface area contributed by atoms with Crippen molar-refractivity contribution in [2.75, 3.05) is 26.2 Å². The second kappa shape index (κ2) is 20.5. The van der Waals surface area contributed by atoms with E-state index in [0.29, 0.717) is 23.2 Å². The summed E-state index contributed by atoms with van der Waals surface area (Å²) in [5.41, 5.74) is 2.36. The van der Waals surface area contributed by atoms with Crippen molar-refractivity contribution in [3.63, 3.8) is 0 Å². The molecule has 64 heavy (non-hydrogen) atoms. The number of carbonyl (C=O) groups excluding carboxylic acids is 2. The maximum atomic E-state index is 13.5. The Labute approximate surface area is 374 Å². The van der Waals surface area contributed by atoms with E-state index in [1.807, 2.05) is 36.4 Å². The quantitative estimate of drug-likeness (QED) is 0.154. The molecule has 0 aromatic heterocycles. The lowest BCUT2D eigenvalue weighted by molar-refractivity contribution is -0.123. The van der Waals surface area contributed by atoms with E-state index >= 15 is 0 Å². The monoisotopic (exact) mass is 874 g/mol. The van der Waals surface area contributed by atoms with Crippen molar-refractivity contribution in [3.05, 3.63) is 143 Å². The largest absolute Gasteiger partial charge is 0.352 e. The number of hydrogen-bond acceptors (Lipinski definition) is 6. The van der Waals surface area contributed by atoms with Crippen LogP contribution < -0.4 is 10.6 Å². The standard InChI is InChI=1S/2C26H29F2N3O/c2*1-18(19-7-8-23(27)24(28)15-19)25(32)30-21-11-14-31(16-21)22-9-12-26(17-29,13-10-22)20-5-3-2-4-6-20/h2*2-8,15,18,21-22H,9-14,16H2,1H3,(H,30,32). The van der Waals surface area contributed by atoms with Crippen LogP contribution in [-0.2, 0) is 20.4 Å². The molecule has 0 spiro atoms. The first kappa shape index (κ1) is 46.4. The summed E-state index contributed by atoms with van der Waals surface area (Å²) in [6.07, 6.45) is 8.99. The van der Waals surface area contributed by atoms with Crippen LogP contribution in [0.15, 0.2) is 97.1 Å². The van der Waals surface area contributed by atoms with Gasteiger partial charge in [-0.3, -0.25) is 19.4 Å². The van der Waals surface area contributed by atoms with Gasteiger partial charge in [0.05, 0.1) is 34.8 Å². The zero-order valence-electron chi connectivity index (χ0n) is 36.7. The molecule has 8 rings (SSSR count). The Morgan fingerprint density at radius 2 is 0.922 bits per heavy atom. The fraction of sp³-hybridized carbons (Fsp3) is 0.462. The second-order valence-electron chi connectivity index (χ2n) is 18.4. The van der Waals surface area contributed by atoms with Crippen molar-refractivity contribution >= 4 is 11.8 Å². The number of carbonyl (C=O) groups is 2. The van der Waals surface area contributed by atoms with Crippen LogP contribution in [0.3, 0.4) is 0 Å². The molecule has 0 radical (unpaired) electrons. The first-order chi connectivity index (χ1) is 30.8. The number of likely N-dealkylation sites (tertiary alicyclic amines) is 2. The van der Waals surface area contributed by atoms with Gasteiger partial charge in [0.1, 0.15) is 0 Å². The van der Waals surface area contributed by atoms with Crippen LogP contribution in [0, 0.1) is 45.9 Å². The Hall–Kier alpha value is -5.56. The lowest BCUT2D eigenvalue weighted by Gasteiger charge is -2.39. The molecular weight excluding hydrogens is 817 g/mol. The average Bonchev–Trinajstić information content (AvgIpc) is 4.01. The van der Waals surface area contributed by atoms with Crippen LogP contribution >= 0.6 is 0 Å². The van der Waals surface area contributed by atoms with E-state index in [9.17, 15) is 37.7 Å². The van der Waals surface area contributed by atoms with Gasteiger partial charge in [-0.25, -0.2) is 17.6 Å². The van der Waals surface area contributed by atoms with Gasteiger partial charge in [0, 0.05) is 50.3 Å². The van der Waals surface area contributed by atoms with E-state index in [2.05, 4.69) is 56.8 Å². The Morgan fingerprint density at radius 3 is 1.25 bits per heavy atom. The van der Waals surface area contributed by atoms with Gasteiger partial charge in [0.2, 0.25) is 11.8 Å². The summed E-state index contributed by atoms with van der Waals surface area (Å²) < 4.78 is 53.4. The first-order valence-electron chi connectivity index (χ1n) is 22.8. The van der Waals surface area contributed by atoms with E-state index in [1.165, 1.54) is 12.1 Å². The van der Waals surface area contributed by atoms with Crippen molar-refractivity contribution in [1.82, 2.24) is 20.4 Å². The zero-order chi connectivity index (χ0) is 45.4. The molecule has 2 aliphatic heterocycles. The van der Waals surface area contributed by atoms with Gasteiger partial charge in [0.15, 0.2) is 23.3 Å². The Balaban J connectivity index is 0.000000191. The summed E-state index contributed by atoms with van der Waals surface area (Å²) in [6.45, 7) is 6.82. The predicted octanol–water partition coefficient (Wildman–Crippen LogP) is 9.33. The van der Waals surface area contributed by atoms with E-state index in [0.717, 1.165) is 126 Å². The third-order valence-electron chi connectivity index (χ3n) is 14.5. The minimum absolute atomic E-state index is 0.0482. The summed E-state index contributed by atoms with van der Waals surface area (Å²) >= 11 is 0. The van der Waals surface area contributed by atoms with Gasteiger partial charge in [-0.15, -0.1) is 0 Å². The highest BCUT2D eigenvalue weighted by atomic mass is 19.2. The number of nitrogens with zero attached hydrogens (tertiary/aromatic N) is 4. The number of nitrogens with one attached hydrogen (secondary N) is 2. The number of benzene rings is 4. The minimum atomic E-state index is -0.935. The van der Waals surface area contributed by atoms with Gasteiger partial charge in [-0.1, -0.05) is 72.8 Å². The van der Waals surface area contributed by atoms with Crippen molar-refractivity contribution in [1.29, 1.82) is 10.5 Å². The van der Waals surface area contributed by atoms with Crippen molar-refractivity contribution in [2.24, 2.45) is 0 Å². The highest BCUT2D eigenvalue weighted by Gasteiger charge is 2.42. The normalized spacial score (nSPS) is 26.9. The fourth-order valence-corrected chi connectivity index (χ4v) is 10.4. The van der Waals surface area contributed by atoms with Crippen LogP contribution in [0.5, 0.6) is 0 Å². The van der Waals surface area contributed by atoms with Crippen LogP contribution in [0.2, 0.25) is 0 Å². The summed E-state index contributed by atoms with van der Waals surface area (Å²) in [6, 6.07) is 33.5. The molecule has 2 amide bonds. The second-order valence-corrected chi connectivity index (χ2v) is 18.4. The molecule has 2 heterocycles. The fourth-order valence-electron chi connectivity index (χ4n) is 10.4. The molecule has 2 saturated carbocycles. The molecule has 4 aromatic carbocycles. The molecule has 12 heteroatoms. The maximum absolute atomic E-state index is 13.5. The van der Waals surface area contributed by atoms with E-state index < -0.39 is 45.9 Å². The number of rotatable bonds is 10. The zero-order valence-corrected chi connectivity index (χ0v) is 36.7. The highest BCUT2D eigenvalue weighted by Crippen LogP contribution is 2.42.